The second kappa shape index (κ2) is 6.64. The van der Waals surface area contributed by atoms with Crippen molar-refractivity contribution in [2.75, 3.05) is 7.11 Å². The summed E-state index contributed by atoms with van der Waals surface area (Å²) < 4.78 is 5.30. The number of benzene rings is 7. The van der Waals surface area contributed by atoms with Crippen molar-refractivity contribution in [3.8, 4) is 0 Å². The lowest BCUT2D eigenvalue weighted by atomic mass is 9.60. The lowest BCUT2D eigenvalue weighted by molar-refractivity contribution is -0.140. The van der Waals surface area contributed by atoms with E-state index in [1.165, 1.54) is 21.6 Å². The molecule has 0 amide bonds. The Labute approximate surface area is 302 Å². The molecule has 0 radical (unpaired) electrons. The van der Waals surface area contributed by atoms with Crippen molar-refractivity contribution in [2.45, 2.75) is 60.7 Å². The quantitative estimate of drug-likeness (QED) is 0.134. The molecule has 2 spiro atoms. The number of carbonyl (C=O) groups is 1. The van der Waals surface area contributed by atoms with Crippen LogP contribution in [0.2, 0.25) is 0 Å². The standard InChI is InChI=1S/C51H28O2/c1-53-29(52)8-5-9-49(27-6-3-2-4-7-27)50-28-17-25-16-24-14-20-10-19-11-22-12-21-13-23-15-26(18-28)47-42-33(23)32(21)37-34(22)36-30(19)31(20)38-35(24)43(46(25)50)45-41(38)39(36)40(37)44(42)48(45)51(47,49)50/h2-4,6-7,10,12,14-17,28,48H,5,8-9,11,13,18H2,1H3. The van der Waals surface area contributed by atoms with E-state index in [0.717, 1.165) is 32.1 Å². The number of carbonyl (C=O) groups excluding carboxylic acids is 1. The summed E-state index contributed by atoms with van der Waals surface area (Å²) in [6.07, 6.45) is 8.30. The average molecular weight is 673 g/mol. The van der Waals surface area contributed by atoms with E-state index in [-0.39, 0.29) is 22.2 Å². The van der Waals surface area contributed by atoms with Crippen LogP contribution < -0.4 is 5.22 Å². The summed E-state index contributed by atoms with van der Waals surface area (Å²) in [6, 6.07) is 24.9. The van der Waals surface area contributed by atoms with Crippen LogP contribution in [-0.2, 0) is 45.0 Å². The van der Waals surface area contributed by atoms with Crippen molar-refractivity contribution in [1.29, 1.82) is 0 Å². The van der Waals surface area contributed by atoms with Gasteiger partial charge in [-0.05, 0) is 197 Å². The predicted octanol–water partition coefficient (Wildman–Crippen LogP) is 9.96. The molecule has 18 rings (SSSR count). The molecule has 0 saturated heterocycles. The first-order chi connectivity index (χ1) is 26.1. The molecule has 2 heteroatoms. The number of esters is 1. The first-order valence-electron chi connectivity index (χ1n) is 20.0. The molecule has 8 aliphatic carbocycles. The van der Waals surface area contributed by atoms with Gasteiger partial charge in [0.2, 0.25) is 0 Å². The van der Waals surface area contributed by atoms with Crippen LogP contribution in [0.1, 0.15) is 80.8 Å². The zero-order valence-corrected chi connectivity index (χ0v) is 29.1. The fourth-order valence-corrected chi connectivity index (χ4v) is 17.3. The van der Waals surface area contributed by atoms with E-state index in [1.54, 1.807) is 133 Å². The Hall–Kier alpha value is -5.47. The number of hydrogen-bond acceptors (Lipinski definition) is 2. The Morgan fingerprint density at radius 2 is 1.26 bits per heavy atom. The third-order valence-corrected chi connectivity index (χ3v) is 17.7. The normalized spacial score (nSPS) is 28.5. The van der Waals surface area contributed by atoms with Crippen LogP contribution in [0.4, 0.5) is 0 Å². The lowest BCUT2D eigenvalue weighted by Crippen LogP contribution is -2.38. The van der Waals surface area contributed by atoms with Gasteiger partial charge in [0.15, 0.2) is 0 Å². The van der Waals surface area contributed by atoms with E-state index in [0.29, 0.717) is 18.3 Å². The summed E-state index contributed by atoms with van der Waals surface area (Å²) in [5, 5.41) is 27.0. The van der Waals surface area contributed by atoms with E-state index >= 15 is 0 Å². The molecule has 0 aliphatic heterocycles. The fourth-order valence-electron chi connectivity index (χ4n) is 17.3. The molecule has 5 atom stereocenters. The van der Waals surface area contributed by atoms with Crippen molar-refractivity contribution in [3.63, 3.8) is 0 Å². The summed E-state index contributed by atoms with van der Waals surface area (Å²) in [5.74, 6) is 0.657. The molecule has 10 aromatic carbocycles. The molecule has 0 N–H and O–H groups in total. The van der Waals surface area contributed by atoms with Gasteiger partial charge in [-0.25, -0.2) is 0 Å². The fraction of sp³-hybridized carbons (Fsp3) is 0.235. The Morgan fingerprint density at radius 1 is 0.642 bits per heavy atom. The second-order valence-electron chi connectivity index (χ2n) is 18.6. The Balaban J connectivity index is 1.19. The molecule has 244 valence electrons. The molecule has 0 bridgehead atoms. The molecule has 0 heterocycles. The van der Waals surface area contributed by atoms with Crippen LogP contribution in [0.15, 0.2) is 60.7 Å². The second-order valence-corrected chi connectivity index (χ2v) is 18.6. The molecule has 53 heavy (non-hydrogen) atoms. The third-order valence-electron chi connectivity index (χ3n) is 17.7. The largest absolute Gasteiger partial charge is 0.469 e. The number of rotatable bonds is 5. The van der Waals surface area contributed by atoms with Gasteiger partial charge >= 0.3 is 5.97 Å². The van der Waals surface area contributed by atoms with Crippen LogP contribution in [0.25, 0.3) is 92.3 Å². The van der Waals surface area contributed by atoms with Crippen molar-refractivity contribution >= 4 is 98.2 Å². The monoisotopic (exact) mass is 672 g/mol. The van der Waals surface area contributed by atoms with Crippen LogP contribution >= 0.6 is 0 Å². The Bertz CT molecular complexity index is 3750. The first-order valence-corrected chi connectivity index (χ1v) is 20.0. The van der Waals surface area contributed by atoms with Gasteiger partial charge in [0.1, 0.15) is 0 Å². The van der Waals surface area contributed by atoms with Gasteiger partial charge in [-0.2, -0.15) is 0 Å². The van der Waals surface area contributed by atoms with Crippen molar-refractivity contribution in [1.82, 2.24) is 0 Å². The molecule has 0 aromatic heterocycles. The van der Waals surface area contributed by atoms with Crippen molar-refractivity contribution in [3.05, 3.63) is 122 Å². The van der Waals surface area contributed by atoms with Gasteiger partial charge < -0.3 is 4.74 Å². The molecule has 10 aromatic rings. The summed E-state index contributed by atoms with van der Waals surface area (Å²) >= 11 is 0. The zero-order chi connectivity index (χ0) is 33.5. The van der Waals surface area contributed by atoms with Gasteiger partial charge in [0, 0.05) is 28.6 Å². The van der Waals surface area contributed by atoms with Gasteiger partial charge in [0.05, 0.1) is 7.11 Å². The molecule has 2 nitrogen and oxygen atoms in total. The van der Waals surface area contributed by atoms with Crippen LogP contribution in [-0.4, -0.2) is 13.1 Å². The SMILES string of the molecule is COC(=O)CCCC1(c2ccccc2)C23c4c5cc6cc7cc8c9c7c7c%10c(c4c67)C4c6c7c(c(cc%11c7c7c(cc(c%12c7c6c%10c%129)C8)C%11)CC2C=5)C413. The third kappa shape index (κ3) is 1.80. The van der Waals surface area contributed by atoms with E-state index in [1.807, 2.05) is 0 Å². The minimum Gasteiger partial charge on any atom is -0.469 e. The zero-order valence-electron chi connectivity index (χ0n) is 29.1. The average Bonchev–Trinajstić information content (AvgIpc) is 3.86. The van der Waals surface area contributed by atoms with E-state index in [9.17, 15) is 4.79 Å². The highest BCUT2D eigenvalue weighted by atomic mass is 16.5. The van der Waals surface area contributed by atoms with Gasteiger partial charge in [-0.3, -0.25) is 4.79 Å². The predicted molar refractivity (Wildman–Crippen MR) is 212 cm³/mol. The van der Waals surface area contributed by atoms with Crippen molar-refractivity contribution in [2.24, 2.45) is 5.92 Å². The van der Waals surface area contributed by atoms with Crippen molar-refractivity contribution < 1.29 is 9.53 Å². The van der Waals surface area contributed by atoms with Gasteiger partial charge in [-0.1, -0.05) is 54.6 Å². The van der Waals surface area contributed by atoms with Crippen LogP contribution in [0.5, 0.6) is 0 Å². The maximum absolute atomic E-state index is 12.9. The topological polar surface area (TPSA) is 26.3 Å². The molecule has 8 aliphatic rings. The van der Waals surface area contributed by atoms with Crippen LogP contribution in [0, 0.1) is 5.92 Å². The van der Waals surface area contributed by atoms with Crippen LogP contribution in [0.3, 0.4) is 0 Å². The van der Waals surface area contributed by atoms with E-state index in [4.69, 9.17) is 4.74 Å². The Morgan fingerprint density at radius 3 is 2.08 bits per heavy atom. The molecular formula is C51H28O2. The maximum Gasteiger partial charge on any atom is 0.305 e. The number of hydrogen-bond donors (Lipinski definition) is 0. The van der Waals surface area contributed by atoms with Gasteiger partial charge in [0.25, 0.3) is 0 Å². The maximum atomic E-state index is 12.9. The molecule has 1 fully saturated rings. The minimum absolute atomic E-state index is 0.0514. The highest BCUT2D eigenvalue weighted by molar-refractivity contribution is 6.54. The number of ether oxygens (including phenoxy) is 1. The smallest absolute Gasteiger partial charge is 0.305 e. The Kier molecular flexibility index (Phi) is 3.10. The van der Waals surface area contributed by atoms with Gasteiger partial charge in [-0.15, -0.1) is 0 Å². The lowest BCUT2D eigenvalue weighted by Gasteiger charge is -2.41. The molecular weight excluding hydrogens is 645 g/mol. The highest BCUT2D eigenvalue weighted by Gasteiger charge is 2.95. The summed E-state index contributed by atoms with van der Waals surface area (Å²) in [4.78, 5) is 12.9. The van der Waals surface area contributed by atoms with E-state index in [2.05, 4.69) is 66.7 Å². The summed E-state index contributed by atoms with van der Waals surface area (Å²) in [5.41, 5.74) is 16.0. The summed E-state index contributed by atoms with van der Waals surface area (Å²) in [7, 11) is 1.55. The molecule has 1 saturated carbocycles. The van der Waals surface area contributed by atoms with E-state index < -0.39 is 0 Å². The number of methoxy groups -OCH3 is 1. The minimum atomic E-state index is -0.134. The summed E-state index contributed by atoms with van der Waals surface area (Å²) in [6.45, 7) is 0. The first kappa shape index (κ1) is 24.7. The highest BCUT2D eigenvalue weighted by Crippen LogP contribution is 2.95. The molecule has 5 unspecified atom stereocenters.